The molecule has 4 nitrogen and oxygen atoms in total. The number of aryl methyl sites for hydroxylation is 1. The van der Waals surface area contributed by atoms with Gasteiger partial charge in [0.15, 0.2) is 5.78 Å². The average molecular weight is 275 g/mol. The van der Waals surface area contributed by atoms with Gasteiger partial charge in [-0.1, -0.05) is 0 Å². The van der Waals surface area contributed by atoms with Crippen molar-refractivity contribution in [1.29, 1.82) is 0 Å². The molecule has 1 aromatic carbocycles. The lowest BCUT2D eigenvalue weighted by atomic mass is 10.2. The summed E-state index contributed by atoms with van der Waals surface area (Å²) in [6.07, 6.45) is 1.62. The second-order valence-corrected chi connectivity index (χ2v) is 5.28. The second-order valence-electron chi connectivity index (χ2n) is 4.19. The van der Waals surface area contributed by atoms with E-state index in [1.165, 1.54) is 29.8 Å². The van der Waals surface area contributed by atoms with Crippen molar-refractivity contribution < 1.29 is 9.18 Å². The van der Waals surface area contributed by atoms with E-state index in [9.17, 15) is 9.18 Å². The third-order valence-electron chi connectivity index (χ3n) is 2.88. The summed E-state index contributed by atoms with van der Waals surface area (Å²) in [6, 6.07) is 6.25. The maximum Gasteiger partial charge on any atom is 0.180 e. The van der Waals surface area contributed by atoms with Crippen molar-refractivity contribution in [3.63, 3.8) is 0 Å². The lowest BCUT2D eigenvalue weighted by molar-refractivity contribution is 0.0993. The van der Waals surface area contributed by atoms with Crippen molar-refractivity contribution >= 4 is 27.2 Å². The number of carbonyl (C=O) groups excluding carboxylic acids is 1. The van der Waals surface area contributed by atoms with Crippen molar-refractivity contribution in [1.82, 2.24) is 14.8 Å². The van der Waals surface area contributed by atoms with Crippen LogP contribution in [0, 0.1) is 5.82 Å². The number of rotatable bonds is 3. The first kappa shape index (κ1) is 12.0. The van der Waals surface area contributed by atoms with Crippen LogP contribution in [0.4, 0.5) is 4.39 Å². The molecule has 3 aromatic rings. The number of halogens is 1. The molecule has 0 bridgehead atoms. The number of carbonyl (C=O) groups is 1. The van der Waals surface area contributed by atoms with Crippen LogP contribution in [0.15, 0.2) is 30.6 Å². The summed E-state index contributed by atoms with van der Waals surface area (Å²) in [5.74, 6) is 0.295. The van der Waals surface area contributed by atoms with E-state index < -0.39 is 0 Å². The maximum atomic E-state index is 13.1. The van der Waals surface area contributed by atoms with E-state index in [1.54, 1.807) is 23.9 Å². The van der Waals surface area contributed by atoms with E-state index in [1.807, 2.05) is 0 Å². The number of hydrogen-bond acceptors (Lipinski definition) is 4. The van der Waals surface area contributed by atoms with Gasteiger partial charge in [0.1, 0.15) is 18.0 Å². The number of nitrogens with zero attached hydrogens (tertiary/aromatic N) is 3. The largest absolute Gasteiger partial charge is 0.293 e. The van der Waals surface area contributed by atoms with Crippen molar-refractivity contribution in [3.05, 3.63) is 47.1 Å². The zero-order valence-corrected chi connectivity index (χ0v) is 10.9. The number of ketones is 1. The van der Waals surface area contributed by atoms with Gasteiger partial charge in [-0.2, -0.15) is 5.10 Å². The Bertz CT molecular complexity index is 762. The molecule has 0 aliphatic carbocycles. The summed E-state index contributed by atoms with van der Waals surface area (Å²) in [5.41, 5.74) is 0. The van der Waals surface area contributed by atoms with Gasteiger partial charge < -0.3 is 0 Å². The van der Waals surface area contributed by atoms with Crippen LogP contribution < -0.4 is 0 Å². The summed E-state index contributed by atoms with van der Waals surface area (Å²) in [5, 5.41) is 4.68. The first-order chi connectivity index (χ1) is 9.13. The van der Waals surface area contributed by atoms with Crippen LogP contribution in [-0.2, 0) is 13.5 Å². The number of hydrogen-bond donors (Lipinski definition) is 0. The van der Waals surface area contributed by atoms with E-state index in [2.05, 4.69) is 10.1 Å². The Morgan fingerprint density at radius 2 is 2.26 bits per heavy atom. The average Bonchev–Trinajstić information content (AvgIpc) is 2.96. The van der Waals surface area contributed by atoms with Crippen LogP contribution in [0.3, 0.4) is 0 Å². The zero-order valence-electron chi connectivity index (χ0n) is 10.1. The minimum atomic E-state index is -0.294. The highest BCUT2D eigenvalue weighted by Gasteiger charge is 2.14. The van der Waals surface area contributed by atoms with Gasteiger partial charge in [0.25, 0.3) is 0 Å². The molecule has 0 N–H and O–H groups in total. The third kappa shape index (κ3) is 2.26. The van der Waals surface area contributed by atoms with E-state index in [4.69, 9.17) is 0 Å². The molecule has 0 unspecified atom stereocenters. The molecule has 0 radical (unpaired) electrons. The molecule has 3 rings (SSSR count). The van der Waals surface area contributed by atoms with Crippen LogP contribution in [0.5, 0.6) is 0 Å². The molecule has 0 saturated carbocycles. The molecule has 0 aliphatic rings. The molecule has 0 amide bonds. The van der Waals surface area contributed by atoms with Crippen LogP contribution >= 0.6 is 11.3 Å². The third-order valence-corrected chi connectivity index (χ3v) is 4.03. The molecule has 2 heterocycles. The molecule has 0 saturated heterocycles. The van der Waals surface area contributed by atoms with Crippen molar-refractivity contribution in [2.24, 2.45) is 7.05 Å². The predicted molar refractivity (Wildman–Crippen MR) is 70.8 cm³/mol. The molecule has 0 aliphatic heterocycles. The molecule has 19 heavy (non-hydrogen) atoms. The fourth-order valence-electron chi connectivity index (χ4n) is 1.86. The van der Waals surface area contributed by atoms with Gasteiger partial charge in [0, 0.05) is 11.7 Å². The molecule has 2 aromatic heterocycles. The highest BCUT2D eigenvalue weighted by atomic mass is 32.1. The Hall–Kier alpha value is -2.08. The standard InChI is InChI=1S/C13H10FN3OS/c1-17-13(15-7-16-17)6-10(18)12-5-8-4-9(14)2-3-11(8)19-12/h2-5,7H,6H2,1H3. The Morgan fingerprint density at radius 1 is 1.42 bits per heavy atom. The van der Waals surface area contributed by atoms with E-state index in [0.29, 0.717) is 10.7 Å². The first-order valence-corrected chi connectivity index (χ1v) is 6.50. The van der Waals surface area contributed by atoms with Gasteiger partial charge >= 0.3 is 0 Å². The smallest absolute Gasteiger partial charge is 0.180 e. The summed E-state index contributed by atoms with van der Waals surface area (Å²) < 4.78 is 15.6. The van der Waals surface area contributed by atoms with Gasteiger partial charge in [-0.15, -0.1) is 11.3 Å². The van der Waals surface area contributed by atoms with Gasteiger partial charge in [-0.3, -0.25) is 9.48 Å². The predicted octanol–water partition coefficient (Wildman–Crippen LogP) is 2.59. The Balaban J connectivity index is 1.91. The summed E-state index contributed by atoms with van der Waals surface area (Å²) >= 11 is 1.37. The Labute approximate surface area is 112 Å². The summed E-state index contributed by atoms with van der Waals surface area (Å²) in [7, 11) is 1.75. The van der Waals surface area contributed by atoms with Crippen molar-refractivity contribution in [2.45, 2.75) is 6.42 Å². The maximum absolute atomic E-state index is 13.1. The highest BCUT2D eigenvalue weighted by molar-refractivity contribution is 7.20. The molecule has 0 atom stereocenters. The number of fused-ring (bicyclic) bond motifs is 1. The van der Waals surface area contributed by atoms with Crippen molar-refractivity contribution in [3.8, 4) is 0 Å². The van der Waals surface area contributed by atoms with Crippen LogP contribution in [-0.4, -0.2) is 20.5 Å². The van der Waals surface area contributed by atoms with E-state index in [-0.39, 0.29) is 18.0 Å². The minimum absolute atomic E-state index is 0.0299. The number of benzene rings is 1. The fourth-order valence-corrected chi connectivity index (χ4v) is 2.84. The topological polar surface area (TPSA) is 47.8 Å². The lowest BCUT2D eigenvalue weighted by Crippen LogP contribution is -2.07. The lowest BCUT2D eigenvalue weighted by Gasteiger charge is -1.97. The fraction of sp³-hybridized carbons (Fsp3) is 0.154. The molecular formula is C13H10FN3OS. The van der Waals surface area contributed by atoms with Crippen molar-refractivity contribution in [2.75, 3.05) is 0 Å². The monoisotopic (exact) mass is 275 g/mol. The molecule has 0 fully saturated rings. The number of aromatic nitrogens is 3. The van der Waals surface area contributed by atoms with Gasteiger partial charge in [-0.25, -0.2) is 9.37 Å². The summed E-state index contributed by atoms with van der Waals surface area (Å²) in [4.78, 5) is 16.8. The number of thiophene rings is 1. The van der Waals surface area contributed by atoms with Crippen LogP contribution in [0.1, 0.15) is 15.5 Å². The molecule has 0 spiro atoms. The van der Waals surface area contributed by atoms with Crippen LogP contribution in [0.2, 0.25) is 0 Å². The van der Waals surface area contributed by atoms with E-state index in [0.717, 1.165) is 10.1 Å². The SMILES string of the molecule is Cn1ncnc1CC(=O)c1cc2cc(F)ccc2s1. The quantitative estimate of drug-likeness (QED) is 0.690. The molecule has 96 valence electrons. The van der Waals surface area contributed by atoms with E-state index >= 15 is 0 Å². The zero-order chi connectivity index (χ0) is 13.4. The molecular weight excluding hydrogens is 265 g/mol. The van der Waals surface area contributed by atoms with Gasteiger partial charge in [0.2, 0.25) is 0 Å². The Kier molecular flexibility index (Phi) is 2.87. The first-order valence-electron chi connectivity index (χ1n) is 5.68. The normalized spacial score (nSPS) is 11.1. The minimum Gasteiger partial charge on any atom is -0.293 e. The number of Topliss-reactive ketones (excluding diaryl/α,β-unsaturated/α-hetero) is 1. The second kappa shape index (κ2) is 4.55. The molecule has 6 heteroatoms. The van der Waals surface area contributed by atoms with Crippen LogP contribution in [0.25, 0.3) is 10.1 Å². The summed E-state index contributed by atoms with van der Waals surface area (Å²) in [6.45, 7) is 0. The van der Waals surface area contributed by atoms with Gasteiger partial charge in [0.05, 0.1) is 11.3 Å². The highest BCUT2D eigenvalue weighted by Crippen LogP contribution is 2.27. The van der Waals surface area contributed by atoms with Gasteiger partial charge in [-0.05, 0) is 29.7 Å². The Morgan fingerprint density at radius 3 is 3.00 bits per heavy atom.